The second-order valence-electron chi connectivity index (χ2n) is 26.4. The lowest BCUT2D eigenvalue weighted by Crippen LogP contribution is -2.74. The van der Waals surface area contributed by atoms with Crippen LogP contribution in [0.4, 0.5) is 316 Å². The van der Waals surface area contributed by atoms with Crippen molar-refractivity contribution in [3.63, 3.8) is 0 Å². The van der Waals surface area contributed by atoms with Crippen LogP contribution in [-0.4, -0.2) is 248 Å². The number of hydrogen-bond acceptors (Lipinski definition) is 12. The molecule has 0 amide bonds. The molecule has 6 rings (SSSR count). The van der Waals surface area contributed by atoms with E-state index in [0.29, 0.717) is 24.3 Å². The van der Waals surface area contributed by atoms with Crippen molar-refractivity contribution in [3.8, 4) is 24.0 Å². The Kier molecular flexibility index (Phi) is 27.8. The summed E-state index contributed by atoms with van der Waals surface area (Å²) in [7, 11) is 0. The van der Waals surface area contributed by atoms with E-state index in [2.05, 4.69) is 48.9 Å². The van der Waals surface area contributed by atoms with Crippen LogP contribution in [0.1, 0.15) is 0 Å². The van der Waals surface area contributed by atoms with Crippen molar-refractivity contribution in [3.05, 3.63) is 60.7 Å². The SMILES string of the molecule is FC(F)C(F)(F)C(F)(F)C(F)(F)C(F)(F)C(F)(F)C(F)(F)C(F)(F)COc1nc(OCC(F)(F)C(F)(F)C(F)(F)C(F)(F)C(F)(F)C(F)(F)C(F)(F)C(F)F)nc(N2c3ccccc3N(c3nc(OCC(F)(F)C(F)(F)C(F)(F)C(F)(F)C(F)(F)C(F)(F)C(F)(F)C(F)F)nc(OCC(F)(F)C(F)(F)C(F)(F)C(F)(F)C(F)(F)C(F)(F)C(F)(F)C(F)F)n3)c3cccc4cccc2c34)n1. The summed E-state index contributed by atoms with van der Waals surface area (Å²) in [4.78, 5) is 14.5. The van der Waals surface area contributed by atoms with Crippen molar-refractivity contribution < 1.29 is 300 Å². The summed E-state index contributed by atoms with van der Waals surface area (Å²) in [6.45, 7) is -18.1. The van der Waals surface area contributed by atoms with Gasteiger partial charge >= 0.3 is 216 Å². The molecule has 134 heavy (non-hydrogen) atoms. The maximum atomic E-state index is 15.5. The molecule has 0 aliphatic carbocycles. The standard InChI is InChI=1S/C58H22F64N8O4/c59-21(60)35(75,76)43(91,92)51(107,108)55(115,116)47(99,100)39(83,84)31(67,68)11-131-27-123-25(124-28(127-27)132-12-32(69,70)40(85,86)48(101,102)56(117,118)52(109,110)44(93,94)36(77,78)22(61)62)129-16-7-1-2-8-17(16)130(19-10-4-6-15-5-3-9-18(129)20(15)19)26-125-29(133-13-33(71,72)41(87,88)49(103,104)57(119,120)53(111,112)45(95,96)37(79,80)23(63)64)128-30(126-26)134-14-34(73,74)42(89,90)50(105,106)58(121,122)54(113,114)46(97,98)38(81,82)24(65)66/h1-10,21-24H,11-14H2. The lowest BCUT2D eigenvalue weighted by atomic mass is 9.89. The fourth-order valence-electron chi connectivity index (χ4n) is 9.97. The molecule has 1 aliphatic heterocycles. The fourth-order valence-corrected chi connectivity index (χ4v) is 9.97. The van der Waals surface area contributed by atoms with Gasteiger partial charge in [-0.15, -0.1) is 9.97 Å². The normalized spacial score (nSPS) is 16.0. The van der Waals surface area contributed by atoms with Gasteiger partial charge in [0, 0.05) is 5.39 Å². The van der Waals surface area contributed by atoms with Crippen LogP contribution in [0.25, 0.3) is 10.8 Å². The minimum atomic E-state index is -9.40. The van der Waals surface area contributed by atoms with E-state index in [-0.39, 0.29) is 36.4 Å². The summed E-state index contributed by atoms with van der Waals surface area (Å²) < 4.78 is 936. The van der Waals surface area contributed by atoms with E-state index in [4.69, 9.17) is 0 Å². The molecule has 3 aromatic carbocycles. The van der Waals surface area contributed by atoms with Crippen LogP contribution in [0.3, 0.4) is 0 Å². The molecule has 0 bridgehead atoms. The number of ether oxygens (including phenoxy) is 4. The van der Waals surface area contributed by atoms with Crippen molar-refractivity contribution in [2.45, 2.75) is 192 Å². The van der Waals surface area contributed by atoms with Gasteiger partial charge < -0.3 is 18.9 Å². The van der Waals surface area contributed by atoms with E-state index in [1.807, 2.05) is 0 Å². The molecule has 0 radical (unpaired) electrons. The number of anilines is 6. The molecule has 5 aromatic rings. The number of rotatable bonds is 42. The summed E-state index contributed by atoms with van der Waals surface area (Å²) in [5.74, 6) is -253. The van der Waals surface area contributed by atoms with Crippen LogP contribution in [0.5, 0.6) is 24.0 Å². The minimum Gasteiger partial charge on any atom is -0.457 e. The number of nitrogens with zero attached hydrogens (tertiary/aromatic N) is 8. The predicted molar refractivity (Wildman–Crippen MR) is 298 cm³/mol. The maximum Gasteiger partial charge on any atom is 0.385 e. The molecule has 0 unspecified atom stereocenters. The summed E-state index contributed by atoms with van der Waals surface area (Å²) in [5, 5.41) is -2.38. The van der Waals surface area contributed by atoms with Gasteiger partial charge in [0.25, 0.3) is 0 Å². The third-order valence-electron chi connectivity index (χ3n) is 17.7. The Morgan fingerprint density at radius 2 is 0.351 bits per heavy atom. The molecule has 766 valence electrons. The monoisotopic (exact) mass is 2110 g/mol. The smallest absolute Gasteiger partial charge is 0.385 e. The van der Waals surface area contributed by atoms with Crippen molar-refractivity contribution in [2.24, 2.45) is 0 Å². The third kappa shape index (κ3) is 15.8. The second kappa shape index (κ2) is 33.0. The molecule has 0 fully saturated rings. The second-order valence-corrected chi connectivity index (χ2v) is 26.4. The molecule has 0 saturated carbocycles. The Balaban J connectivity index is 1.71. The highest BCUT2D eigenvalue weighted by Gasteiger charge is 2.99. The molecule has 76 heteroatoms. The average Bonchev–Trinajstić information content (AvgIpc) is 1.51. The Morgan fingerprint density at radius 3 is 0.522 bits per heavy atom. The minimum absolute atomic E-state index is 0.00797. The first-order valence-electron chi connectivity index (χ1n) is 32.0. The Morgan fingerprint density at radius 1 is 0.194 bits per heavy atom. The zero-order valence-electron chi connectivity index (χ0n) is 60.3. The molecule has 0 spiro atoms. The summed E-state index contributed by atoms with van der Waals surface area (Å²) in [6, 6.07) is -10.2. The quantitative estimate of drug-likeness (QED) is 0.0339. The van der Waals surface area contributed by atoms with E-state index in [1.54, 1.807) is 0 Å². The van der Waals surface area contributed by atoms with Gasteiger partial charge in [0.15, 0.2) is 26.4 Å². The molecule has 3 heterocycles. The van der Waals surface area contributed by atoms with E-state index in [0.717, 1.165) is 0 Å². The number of para-hydroxylation sites is 2. The molecule has 12 nitrogen and oxygen atoms in total. The Hall–Kier alpha value is -9.74. The van der Waals surface area contributed by atoms with Crippen LogP contribution in [-0.2, 0) is 0 Å². The molecule has 0 N–H and O–H groups in total. The van der Waals surface area contributed by atoms with Gasteiger partial charge in [-0.25, -0.2) is 35.1 Å². The topological polar surface area (TPSA) is 121 Å². The van der Waals surface area contributed by atoms with Gasteiger partial charge in [-0.05, 0) is 29.7 Å². The van der Waals surface area contributed by atoms with E-state index in [1.165, 1.54) is 0 Å². The summed E-state index contributed by atoms with van der Waals surface area (Å²) in [6.07, 6.45) is -26.0. The molecule has 0 saturated heterocycles. The first kappa shape index (κ1) is 113. The van der Waals surface area contributed by atoms with Crippen LogP contribution in [0, 0.1) is 0 Å². The van der Waals surface area contributed by atoms with Gasteiger partial charge in [0.1, 0.15) is 0 Å². The van der Waals surface area contributed by atoms with E-state index >= 15 is 70.2 Å². The van der Waals surface area contributed by atoms with Crippen molar-refractivity contribution in [2.75, 3.05) is 36.2 Å². The van der Waals surface area contributed by atoms with E-state index < -0.39 is 297 Å². The zero-order valence-corrected chi connectivity index (χ0v) is 60.3. The Labute approximate surface area is 687 Å². The highest BCUT2D eigenvalue weighted by molar-refractivity contribution is 6.12. The van der Waals surface area contributed by atoms with Crippen molar-refractivity contribution in [1.29, 1.82) is 0 Å². The highest BCUT2D eigenvalue weighted by atomic mass is 19.4. The lowest BCUT2D eigenvalue weighted by Gasteiger charge is -2.42. The maximum absolute atomic E-state index is 15.5. The third-order valence-corrected chi connectivity index (χ3v) is 17.7. The predicted octanol–water partition coefficient (Wildman–Crippen LogP) is 24.8. The summed E-state index contributed by atoms with van der Waals surface area (Å²) >= 11 is 0. The first-order valence-corrected chi connectivity index (χ1v) is 32.0. The van der Waals surface area contributed by atoms with Gasteiger partial charge in [-0.3, -0.25) is 9.80 Å². The first-order chi connectivity index (χ1) is 59.0. The largest absolute Gasteiger partial charge is 0.457 e. The lowest BCUT2D eigenvalue weighted by molar-refractivity contribution is -0.447. The van der Waals surface area contributed by atoms with Crippen LogP contribution in [0.2, 0.25) is 0 Å². The molecular formula is C58H22F64N8O4. The van der Waals surface area contributed by atoms with Gasteiger partial charge in [0.2, 0.25) is 11.9 Å². The van der Waals surface area contributed by atoms with Gasteiger partial charge in [-0.1, -0.05) is 36.4 Å². The van der Waals surface area contributed by atoms with Crippen LogP contribution >= 0.6 is 0 Å². The van der Waals surface area contributed by atoms with Gasteiger partial charge in [0.05, 0.1) is 22.7 Å². The van der Waals surface area contributed by atoms with Crippen molar-refractivity contribution >= 4 is 45.4 Å². The molecular weight excluding hydrogens is 2090 g/mol. The molecule has 1 aliphatic rings. The zero-order chi connectivity index (χ0) is 105. The number of fused-ring (bicyclic) bond motifs is 1. The highest BCUT2D eigenvalue weighted by Crippen LogP contribution is 2.70. The fraction of sp³-hybridized carbons (Fsp3) is 0.621. The van der Waals surface area contributed by atoms with Crippen molar-refractivity contribution in [1.82, 2.24) is 29.9 Å². The number of aromatic nitrogens is 6. The molecule has 0 atom stereocenters. The number of halogens is 64. The van der Waals surface area contributed by atoms with Crippen LogP contribution < -0.4 is 28.7 Å². The summed E-state index contributed by atoms with van der Waals surface area (Å²) in [5.41, 5.74) is -6.58. The van der Waals surface area contributed by atoms with E-state index in [9.17, 15) is 211 Å². The van der Waals surface area contributed by atoms with Gasteiger partial charge in [-0.2, -0.15) is 266 Å². The Bertz CT molecular complexity index is 4530. The molecule has 2 aromatic heterocycles. The number of hydrogen-bond donors (Lipinski definition) is 0. The number of benzene rings is 3. The number of alkyl halides is 64. The van der Waals surface area contributed by atoms with Crippen LogP contribution in [0.15, 0.2) is 60.7 Å². The average molecular weight is 2110 g/mol.